The number of ether oxygens (including phenoxy) is 1. The van der Waals surface area contributed by atoms with Gasteiger partial charge in [-0.05, 0) is 54.7 Å². The molecule has 0 unspecified atom stereocenters. The molecular weight excluding hydrogens is 613 g/mol. The van der Waals surface area contributed by atoms with Gasteiger partial charge in [0.25, 0.3) is 5.91 Å². The fraction of sp³-hybridized carbons (Fsp3) is 0.353. The van der Waals surface area contributed by atoms with Crippen molar-refractivity contribution in [1.82, 2.24) is 29.5 Å². The molecule has 0 saturated heterocycles. The Morgan fingerprint density at radius 2 is 1.89 bits per heavy atom. The molecule has 1 atom stereocenters. The minimum absolute atomic E-state index is 0.0146. The molecule has 2 aromatic carbocycles. The van der Waals surface area contributed by atoms with Crippen LogP contribution in [0.3, 0.4) is 0 Å². The number of carbonyl (C=O) groups excluding carboxylic acids is 3. The predicted molar refractivity (Wildman–Crippen MR) is 164 cm³/mol. The lowest BCUT2D eigenvalue weighted by Crippen LogP contribution is -2.46. The molecule has 242 valence electrons. The first-order valence-corrected chi connectivity index (χ1v) is 15.5. The maximum atomic E-state index is 14.3. The van der Waals surface area contributed by atoms with E-state index in [2.05, 4.69) is 16.5 Å². The Morgan fingerprint density at radius 3 is 2.60 bits per heavy atom. The number of halogens is 3. The molecule has 2 aliphatic heterocycles. The molecule has 0 bridgehead atoms. The first-order valence-electron chi connectivity index (χ1n) is 15.5. The fourth-order valence-electron chi connectivity index (χ4n) is 6.95. The number of esters is 1. The van der Waals surface area contributed by atoms with Gasteiger partial charge in [-0.15, -0.1) is 0 Å². The molecule has 2 amide bonds. The summed E-state index contributed by atoms with van der Waals surface area (Å²) in [6, 6.07) is 7.21. The molecule has 10 nitrogen and oxygen atoms in total. The van der Waals surface area contributed by atoms with Crippen molar-refractivity contribution in [2.45, 2.75) is 57.2 Å². The van der Waals surface area contributed by atoms with Crippen LogP contribution in [0.15, 0.2) is 55.5 Å². The molecule has 4 heterocycles. The summed E-state index contributed by atoms with van der Waals surface area (Å²) < 4.78 is 48.9. The van der Waals surface area contributed by atoms with Crippen LogP contribution in [0.5, 0.6) is 5.75 Å². The van der Waals surface area contributed by atoms with Crippen molar-refractivity contribution in [3.05, 3.63) is 89.2 Å². The van der Waals surface area contributed by atoms with Crippen LogP contribution in [0.1, 0.15) is 76.6 Å². The number of carbonyl (C=O) groups is 3. The zero-order valence-corrected chi connectivity index (χ0v) is 25.6. The third kappa shape index (κ3) is 5.33. The Balaban J connectivity index is 1.34. The summed E-state index contributed by atoms with van der Waals surface area (Å²) in [5, 5.41) is 4.96. The minimum atomic E-state index is -4.68. The molecule has 0 N–H and O–H groups in total. The average Bonchev–Trinajstić information content (AvgIpc) is 3.27. The van der Waals surface area contributed by atoms with E-state index in [1.807, 2.05) is 18.2 Å². The summed E-state index contributed by atoms with van der Waals surface area (Å²) in [7, 11) is 0. The zero-order valence-electron chi connectivity index (χ0n) is 25.6. The number of amides is 2. The molecular formula is C34H31F3N6O4. The Kier molecular flexibility index (Phi) is 7.56. The zero-order chi connectivity index (χ0) is 33.0. The highest BCUT2D eigenvalue weighted by molar-refractivity contribution is 6.07. The van der Waals surface area contributed by atoms with E-state index >= 15 is 0 Å². The van der Waals surface area contributed by atoms with Gasteiger partial charge in [-0.1, -0.05) is 19.1 Å². The molecule has 47 heavy (non-hydrogen) atoms. The molecule has 4 aromatic rings. The molecule has 0 spiro atoms. The van der Waals surface area contributed by atoms with Gasteiger partial charge in [0.05, 0.1) is 34.1 Å². The van der Waals surface area contributed by atoms with Crippen LogP contribution in [0.4, 0.5) is 13.2 Å². The van der Waals surface area contributed by atoms with Crippen molar-refractivity contribution in [2.24, 2.45) is 0 Å². The summed E-state index contributed by atoms with van der Waals surface area (Å²) in [6.07, 6.45) is 2.84. The summed E-state index contributed by atoms with van der Waals surface area (Å²) in [4.78, 5) is 50.3. The van der Waals surface area contributed by atoms with E-state index in [0.29, 0.717) is 42.4 Å². The van der Waals surface area contributed by atoms with Crippen LogP contribution >= 0.6 is 0 Å². The number of rotatable bonds is 5. The lowest BCUT2D eigenvalue weighted by atomic mass is 9.80. The van der Waals surface area contributed by atoms with Crippen molar-refractivity contribution in [3.63, 3.8) is 0 Å². The van der Waals surface area contributed by atoms with Crippen molar-refractivity contribution in [2.75, 3.05) is 19.6 Å². The standard InChI is InChI=1S/C34H31F3N6O4/c1-3-30(45)41-13-11-25-31-27(43(40-25)26-10-7-21(20-5-4-6-20)15-29(26)47-19(2)44)12-14-42(28(31)17-41)33(46)22-8-9-24(34(35,36)37)32-23(22)16-38-18-39-32/h3,7-10,15-16,18,20,28H,1,4-6,11-14,17H2,2H3/t28-/m0/s1. The Hall–Kier alpha value is -5.07. The second kappa shape index (κ2) is 11.6. The first-order chi connectivity index (χ1) is 22.5. The normalized spacial score (nSPS) is 17.9. The molecule has 13 heteroatoms. The summed E-state index contributed by atoms with van der Waals surface area (Å²) in [6.45, 7) is 5.62. The van der Waals surface area contributed by atoms with E-state index in [1.54, 1.807) is 14.5 Å². The first kappa shape index (κ1) is 30.6. The lowest BCUT2D eigenvalue weighted by Gasteiger charge is -2.38. The van der Waals surface area contributed by atoms with Gasteiger partial charge in [0.2, 0.25) is 5.91 Å². The van der Waals surface area contributed by atoms with Crippen LogP contribution < -0.4 is 4.74 Å². The van der Waals surface area contributed by atoms with Crippen LogP contribution in [0.2, 0.25) is 0 Å². The molecule has 3 aliphatic rings. The SMILES string of the molecule is C=CC(=O)N1CCc2nn(-c3ccc(C4CCC4)cc3OC(C)=O)c3c2[C@H](C1)N(C(=O)c1ccc(C(F)(F)F)c2ncncc12)CC3. The molecule has 7 rings (SSSR count). The number of fused-ring (bicyclic) bond motifs is 1. The summed E-state index contributed by atoms with van der Waals surface area (Å²) in [5.41, 5.74) is 2.66. The van der Waals surface area contributed by atoms with Gasteiger partial charge in [0.1, 0.15) is 12.0 Å². The van der Waals surface area contributed by atoms with Crippen molar-refractivity contribution < 1.29 is 32.3 Å². The number of hydrogen-bond acceptors (Lipinski definition) is 7. The van der Waals surface area contributed by atoms with Gasteiger partial charge in [-0.3, -0.25) is 14.4 Å². The lowest BCUT2D eigenvalue weighted by molar-refractivity contribution is -0.136. The smallest absolute Gasteiger partial charge is 0.418 e. The van der Waals surface area contributed by atoms with E-state index in [9.17, 15) is 27.6 Å². The number of aromatic nitrogens is 4. The quantitative estimate of drug-likeness (QED) is 0.164. The Morgan fingerprint density at radius 1 is 1.09 bits per heavy atom. The van der Waals surface area contributed by atoms with Gasteiger partial charge in [-0.2, -0.15) is 18.3 Å². The number of alkyl halides is 3. The van der Waals surface area contributed by atoms with Crippen molar-refractivity contribution in [1.29, 1.82) is 0 Å². The van der Waals surface area contributed by atoms with Gasteiger partial charge in [-0.25, -0.2) is 14.6 Å². The third-order valence-corrected chi connectivity index (χ3v) is 9.41. The summed E-state index contributed by atoms with van der Waals surface area (Å²) >= 11 is 0. The van der Waals surface area contributed by atoms with E-state index in [4.69, 9.17) is 9.84 Å². The highest BCUT2D eigenvalue weighted by Crippen LogP contribution is 2.42. The van der Waals surface area contributed by atoms with Crippen LogP contribution in [-0.4, -0.2) is 67.0 Å². The second-order valence-corrected chi connectivity index (χ2v) is 12.1. The summed E-state index contributed by atoms with van der Waals surface area (Å²) in [5.74, 6) is -0.466. The highest BCUT2D eigenvalue weighted by Gasteiger charge is 2.41. The second-order valence-electron chi connectivity index (χ2n) is 12.1. The minimum Gasteiger partial charge on any atom is -0.424 e. The molecule has 2 aromatic heterocycles. The number of hydrogen-bond donors (Lipinski definition) is 0. The Bertz CT molecular complexity index is 1950. The Labute approximate surface area is 267 Å². The maximum Gasteiger partial charge on any atom is 0.418 e. The van der Waals surface area contributed by atoms with Gasteiger partial charge < -0.3 is 14.5 Å². The van der Waals surface area contributed by atoms with Crippen LogP contribution in [0, 0.1) is 0 Å². The molecule has 1 fully saturated rings. The van der Waals surface area contributed by atoms with Gasteiger partial charge in [0, 0.05) is 56.5 Å². The van der Waals surface area contributed by atoms with E-state index in [0.717, 1.165) is 54.5 Å². The van der Waals surface area contributed by atoms with E-state index in [-0.39, 0.29) is 35.5 Å². The van der Waals surface area contributed by atoms with Crippen LogP contribution in [-0.2, 0) is 28.6 Å². The molecule has 1 saturated carbocycles. The predicted octanol–water partition coefficient (Wildman–Crippen LogP) is 5.34. The van der Waals surface area contributed by atoms with Crippen LogP contribution in [0.25, 0.3) is 16.6 Å². The third-order valence-electron chi connectivity index (χ3n) is 9.41. The number of nitrogens with zero attached hydrogens (tertiary/aromatic N) is 6. The molecule has 1 aliphatic carbocycles. The van der Waals surface area contributed by atoms with Gasteiger partial charge in [0.15, 0.2) is 5.75 Å². The van der Waals surface area contributed by atoms with E-state index < -0.39 is 29.7 Å². The topological polar surface area (TPSA) is 111 Å². The van der Waals surface area contributed by atoms with E-state index in [1.165, 1.54) is 19.2 Å². The fourth-order valence-corrected chi connectivity index (χ4v) is 6.95. The monoisotopic (exact) mass is 644 g/mol. The maximum absolute atomic E-state index is 14.3. The largest absolute Gasteiger partial charge is 0.424 e. The van der Waals surface area contributed by atoms with Crippen molar-refractivity contribution >= 4 is 28.7 Å². The highest BCUT2D eigenvalue weighted by atomic mass is 19.4. The average molecular weight is 645 g/mol. The molecule has 0 radical (unpaired) electrons. The van der Waals surface area contributed by atoms with Gasteiger partial charge >= 0.3 is 12.1 Å². The number of benzene rings is 2. The van der Waals surface area contributed by atoms with Crippen molar-refractivity contribution in [3.8, 4) is 11.4 Å².